The number of rotatable bonds is 5. The molecule has 1 aromatic heterocycles. The van der Waals surface area contributed by atoms with Gasteiger partial charge in [0.1, 0.15) is 5.75 Å². The summed E-state index contributed by atoms with van der Waals surface area (Å²) < 4.78 is 7.51. The smallest absolute Gasteiger partial charge is 0.234 e. The Hall–Kier alpha value is -0.570. The number of nitrogens with one attached hydrogen (secondary N) is 1. The van der Waals surface area contributed by atoms with E-state index < -0.39 is 0 Å². The first-order valence-electron chi connectivity index (χ1n) is 6.08. The summed E-state index contributed by atoms with van der Waals surface area (Å²) in [6, 6.07) is 7.42. The zero-order valence-corrected chi connectivity index (χ0v) is 17.0. The van der Waals surface area contributed by atoms with Crippen LogP contribution in [0.5, 0.6) is 5.75 Å². The minimum atomic E-state index is -0.124. The van der Waals surface area contributed by atoms with E-state index in [0.717, 1.165) is 14.0 Å². The zero-order chi connectivity index (χ0) is 16.1. The Balaban J connectivity index is 2.08. The average molecular weight is 511 g/mol. The number of benzene rings is 1. The number of pyridine rings is 1. The number of carbonyl (C=O) groups is 1. The summed E-state index contributed by atoms with van der Waals surface area (Å²) in [5.41, 5.74) is 0.631. The lowest BCUT2D eigenvalue weighted by atomic mass is 10.3. The quantitative estimate of drug-likeness (QED) is 0.568. The molecule has 22 heavy (non-hydrogen) atoms. The van der Waals surface area contributed by atoms with Crippen molar-refractivity contribution in [1.29, 1.82) is 0 Å². The summed E-state index contributed by atoms with van der Waals surface area (Å²) >= 11 is 11.7. The normalized spacial score (nSPS) is 10.4. The highest BCUT2D eigenvalue weighted by Gasteiger charge is 2.17. The number of anilines is 1. The summed E-state index contributed by atoms with van der Waals surface area (Å²) in [5.74, 6) is 0.770. The maximum Gasteiger partial charge on any atom is 0.234 e. The van der Waals surface area contributed by atoms with Gasteiger partial charge in [0.05, 0.1) is 32.5 Å². The highest BCUT2D eigenvalue weighted by molar-refractivity contribution is 9.11. The van der Waals surface area contributed by atoms with Crippen molar-refractivity contribution in [3.63, 3.8) is 0 Å². The lowest BCUT2D eigenvalue weighted by molar-refractivity contribution is -0.113. The molecule has 0 unspecified atom stereocenters. The molecule has 0 saturated carbocycles. The van der Waals surface area contributed by atoms with Gasteiger partial charge in [-0.1, -0.05) is 17.8 Å². The third-order valence-electron chi connectivity index (χ3n) is 2.59. The lowest BCUT2D eigenvalue weighted by Crippen LogP contribution is -2.15. The van der Waals surface area contributed by atoms with E-state index in [-0.39, 0.29) is 11.7 Å². The van der Waals surface area contributed by atoms with Gasteiger partial charge in [-0.3, -0.25) is 4.79 Å². The lowest BCUT2D eigenvalue weighted by Gasteiger charge is -2.14. The Bertz CT molecular complexity index is 684. The second kappa shape index (κ2) is 8.33. The molecule has 1 N–H and O–H groups in total. The number of nitrogens with zero attached hydrogens (tertiary/aromatic N) is 1. The number of ether oxygens (including phenoxy) is 1. The largest absolute Gasteiger partial charge is 0.494 e. The maximum atomic E-state index is 12.1. The molecule has 2 aromatic rings. The monoisotopic (exact) mass is 508 g/mol. The summed E-state index contributed by atoms with van der Waals surface area (Å²) in [6.07, 6.45) is 1.70. The van der Waals surface area contributed by atoms with Gasteiger partial charge in [-0.25, -0.2) is 4.98 Å². The molecule has 0 atom stereocenters. The van der Waals surface area contributed by atoms with Gasteiger partial charge < -0.3 is 10.1 Å². The van der Waals surface area contributed by atoms with Crippen LogP contribution in [-0.2, 0) is 4.79 Å². The van der Waals surface area contributed by atoms with Crippen molar-refractivity contribution in [3.05, 3.63) is 43.9 Å². The van der Waals surface area contributed by atoms with E-state index in [0.29, 0.717) is 15.9 Å². The Kier molecular flexibility index (Phi) is 6.73. The molecule has 4 nitrogen and oxygen atoms in total. The molecule has 0 aliphatic rings. The fourth-order valence-corrected chi connectivity index (χ4v) is 4.93. The molecule has 1 amide bonds. The number of hydrogen-bond donors (Lipinski definition) is 1. The van der Waals surface area contributed by atoms with E-state index in [2.05, 4.69) is 58.1 Å². The van der Waals surface area contributed by atoms with Crippen LogP contribution in [0.1, 0.15) is 0 Å². The highest BCUT2D eigenvalue weighted by atomic mass is 79.9. The van der Waals surface area contributed by atoms with Gasteiger partial charge in [-0.05, 0) is 66.0 Å². The van der Waals surface area contributed by atoms with Crippen LogP contribution >= 0.6 is 59.6 Å². The molecule has 0 radical (unpaired) electrons. The molecular formula is C14H11Br3N2O2S. The molecule has 1 aromatic carbocycles. The van der Waals surface area contributed by atoms with Crippen molar-refractivity contribution in [2.75, 3.05) is 18.2 Å². The fraction of sp³-hybridized carbons (Fsp3) is 0.143. The third-order valence-corrected chi connectivity index (χ3v) is 5.50. The number of methoxy groups -OCH3 is 1. The van der Waals surface area contributed by atoms with E-state index in [9.17, 15) is 4.79 Å². The molecule has 0 fully saturated rings. The molecule has 0 bridgehead atoms. The van der Waals surface area contributed by atoms with Gasteiger partial charge in [0.15, 0.2) is 0 Å². The van der Waals surface area contributed by atoms with E-state index in [4.69, 9.17) is 4.74 Å². The number of hydrogen-bond acceptors (Lipinski definition) is 4. The van der Waals surface area contributed by atoms with Crippen LogP contribution in [0.3, 0.4) is 0 Å². The number of thioether (sulfide) groups is 1. The van der Waals surface area contributed by atoms with Crippen LogP contribution < -0.4 is 10.1 Å². The Morgan fingerprint density at radius 3 is 2.73 bits per heavy atom. The van der Waals surface area contributed by atoms with Crippen LogP contribution in [-0.4, -0.2) is 23.8 Å². The fourth-order valence-electron chi connectivity index (χ4n) is 1.62. The maximum absolute atomic E-state index is 12.1. The second-order valence-corrected chi connectivity index (χ2v) is 7.56. The minimum Gasteiger partial charge on any atom is -0.494 e. The zero-order valence-electron chi connectivity index (χ0n) is 11.4. The van der Waals surface area contributed by atoms with Gasteiger partial charge in [-0.15, -0.1) is 0 Å². The SMILES string of the molecule is COc1c(Br)cc(Br)c(NC(=O)CSc2ccccn2)c1Br. The second-order valence-electron chi connectivity index (χ2n) is 4.07. The van der Waals surface area contributed by atoms with Crippen molar-refractivity contribution in [3.8, 4) is 5.75 Å². The Morgan fingerprint density at radius 1 is 1.32 bits per heavy atom. The Labute approximate surface area is 157 Å². The molecule has 116 valence electrons. The van der Waals surface area contributed by atoms with Crippen molar-refractivity contribution >= 4 is 71.1 Å². The van der Waals surface area contributed by atoms with Gasteiger partial charge in [0, 0.05) is 10.7 Å². The van der Waals surface area contributed by atoms with Crippen molar-refractivity contribution in [2.45, 2.75) is 5.03 Å². The van der Waals surface area contributed by atoms with E-state index in [1.165, 1.54) is 11.8 Å². The Morgan fingerprint density at radius 2 is 2.09 bits per heavy atom. The standard InChI is InChI=1S/C14H11Br3N2O2S/c1-21-14-9(16)6-8(15)13(12(14)17)19-10(20)7-22-11-4-2-3-5-18-11/h2-6H,7H2,1H3,(H,19,20). The first-order valence-corrected chi connectivity index (χ1v) is 9.44. The molecule has 0 saturated heterocycles. The number of halogens is 3. The van der Waals surface area contributed by atoms with E-state index >= 15 is 0 Å². The molecule has 1 heterocycles. The van der Waals surface area contributed by atoms with Crippen LogP contribution in [0.2, 0.25) is 0 Å². The number of carbonyl (C=O) groups excluding carboxylic acids is 1. The predicted molar refractivity (Wildman–Crippen MR) is 99.7 cm³/mol. The van der Waals surface area contributed by atoms with Crippen molar-refractivity contribution in [2.24, 2.45) is 0 Å². The minimum absolute atomic E-state index is 0.124. The van der Waals surface area contributed by atoms with Crippen molar-refractivity contribution in [1.82, 2.24) is 4.98 Å². The van der Waals surface area contributed by atoms with E-state index in [1.54, 1.807) is 13.3 Å². The first-order chi connectivity index (χ1) is 10.5. The van der Waals surface area contributed by atoms with Crippen LogP contribution in [0, 0.1) is 0 Å². The summed E-state index contributed by atoms with van der Waals surface area (Å²) in [7, 11) is 1.57. The first kappa shape index (κ1) is 17.8. The number of aromatic nitrogens is 1. The van der Waals surface area contributed by atoms with Crippen LogP contribution in [0.4, 0.5) is 5.69 Å². The van der Waals surface area contributed by atoms with Gasteiger partial charge >= 0.3 is 0 Å². The molecule has 0 aliphatic carbocycles. The summed E-state index contributed by atoms with van der Waals surface area (Å²) in [4.78, 5) is 16.3. The van der Waals surface area contributed by atoms with Crippen molar-refractivity contribution < 1.29 is 9.53 Å². The van der Waals surface area contributed by atoms with Gasteiger partial charge in [0.25, 0.3) is 0 Å². The number of amides is 1. The average Bonchev–Trinajstić information content (AvgIpc) is 2.51. The summed E-state index contributed by atoms with van der Waals surface area (Å²) in [5, 5.41) is 3.68. The van der Waals surface area contributed by atoms with E-state index in [1.807, 2.05) is 24.3 Å². The third kappa shape index (κ3) is 4.47. The predicted octanol–water partition coefficient (Wildman–Crippen LogP) is 5.11. The van der Waals surface area contributed by atoms with Gasteiger partial charge in [0.2, 0.25) is 5.91 Å². The summed E-state index contributed by atoms with van der Waals surface area (Å²) in [6.45, 7) is 0. The molecule has 2 rings (SSSR count). The molecule has 8 heteroatoms. The van der Waals surface area contributed by atoms with Crippen LogP contribution in [0.15, 0.2) is 48.9 Å². The topological polar surface area (TPSA) is 51.2 Å². The molecule has 0 spiro atoms. The molecule has 0 aliphatic heterocycles. The van der Waals surface area contributed by atoms with Gasteiger partial charge in [-0.2, -0.15) is 0 Å². The highest BCUT2D eigenvalue weighted by Crippen LogP contribution is 2.43. The van der Waals surface area contributed by atoms with Crippen LogP contribution in [0.25, 0.3) is 0 Å². The molecular weight excluding hydrogens is 500 g/mol.